The van der Waals surface area contributed by atoms with Crippen LogP contribution >= 0.6 is 11.3 Å². The molecule has 0 aliphatic rings. The van der Waals surface area contributed by atoms with Gasteiger partial charge in [-0.25, -0.2) is 5.43 Å². The third kappa shape index (κ3) is 5.52. The fourth-order valence-electron chi connectivity index (χ4n) is 2.33. The molecule has 2 aromatic carbocycles. The Bertz CT molecular complexity index is 967. The van der Waals surface area contributed by atoms with Crippen LogP contribution in [0.25, 0.3) is 0 Å². The van der Waals surface area contributed by atoms with Crippen molar-refractivity contribution < 1.29 is 14.3 Å². The summed E-state index contributed by atoms with van der Waals surface area (Å²) < 4.78 is 5.50. The van der Waals surface area contributed by atoms with Gasteiger partial charge in [0.15, 0.2) is 6.61 Å². The molecule has 7 heteroatoms. The normalized spacial score (nSPS) is 10.6. The number of para-hydroxylation sites is 1. The summed E-state index contributed by atoms with van der Waals surface area (Å²) in [5.41, 5.74) is 5.03. The standard InChI is InChI=1S/C21H19N3O3S/c1-15-5-2-3-6-18(15)23-20(25)14-27-17-10-8-16(9-11-17)13-22-24-21(26)19-7-4-12-28-19/h2-13H,14H2,1H3,(H,23,25)(H,24,26)/b22-13+. The third-order valence-electron chi connectivity index (χ3n) is 3.79. The van der Waals surface area contributed by atoms with E-state index >= 15 is 0 Å². The Balaban J connectivity index is 1.46. The highest BCUT2D eigenvalue weighted by Crippen LogP contribution is 2.14. The lowest BCUT2D eigenvalue weighted by atomic mass is 10.2. The summed E-state index contributed by atoms with van der Waals surface area (Å²) in [4.78, 5) is 24.4. The number of hydrazone groups is 1. The molecule has 28 heavy (non-hydrogen) atoms. The van der Waals surface area contributed by atoms with Gasteiger partial charge in [0.2, 0.25) is 0 Å². The van der Waals surface area contributed by atoms with Crippen molar-refractivity contribution in [2.75, 3.05) is 11.9 Å². The Kier molecular flexibility index (Phi) is 6.54. The van der Waals surface area contributed by atoms with Crippen molar-refractivity contribution in [1.29, 1.82) is 0 Å². The molecule has 0 atom stereocenters. The Labute approximate surface area is 166 Å². The third-order valence-corrected chi connectivity index (χ3v) is 4.66. The summed E-state index contributed by atoms with van der Waals surface area (Å²) in [6.07, 6.45) is 1.54. The molecule has 2 N–H and O–H groups in total. The predicted molar refractivity (Wildman–Crippen MR) is 111 cm³/mol. The molecule has 2 amide bonds. The summed E-state index contributed by atoms with van der Waals surface area (Å²) in [6, 6.07) is 18.2. The second kappa shape index (κ2) is 9.48. The van der Waals surface area contributed by atoms with Gasteiger partial charge in [-0.05, 0) is 59.8 Å². The van der Waals surface area contributed by atoms with E-state index in [9.17, 15) is 9.59 Å². The molecule has 0 aliphatic carbocycles. The molecule has 0 unspecified atom stereocenters. The Morgan fingerprint density at radius 3 is 2.57 bits per heavy atom. The number of hydrogen-bond donors (Lipinski definition) is 2. The zero-order valence-electron chi connectivity index (χ0n) is 15.2. The number of carbonyl (C=O) groups excluding carboxylic acids is 2. The van der Waals surface area contributed by atoms with Crippen molar-refractivity contribution in [3.05, 3.63) is 82.0 Å². The van der Waals surface area contributed by atoms with Gasteiger partial charge in [0, 0.05) is 5.69 Å². The number of nitrogens with zero attached hydrogens (tertiary/aromatic N) is 1. The van der Waals surface area contributed by atoms with Crippen molar-refractivity contribution in [2.45, 2.75) is 6.92 Å². The molecule has 3 rings (SSSR count). The van der Waals surface area contributed by atoms with Gasteiger partial charge in [0.05, 0.1) is 11.1 Å². The number of nitrogens with one attached hydrogen (secondary N) is 2. The largest absolute Gasteiger partial charge is 0.484 e. The molecule has 0 fully saturated rings. The van der Waals surface area contributed by atoms with E-state index in [1.165, 1.54) is 11.3 Å². The minimum Gasteiger partial charge on any atom is -0.484 e. The molecule has 6 nitrogen and oxygen atoms in total. The van der Waals surface area contributed by atoms with Crippen LogP contribution in [0.5, 0.6) is 5.75 Å². The lowest BCUT2D eigenvalue weighted by Crippen LogP contribution is -2.20. The fourth-order valence-corrected chi connectivity index (χ4v) is 2.94. The first kappa shape index (κ1) is 19.3. The van der Waals surface area contributed by atoms with Gasteiger partial charge in [-0.2, -0.15) is 5.10 Å². The molecular formula is C21H19N3O3S. The summed E-state index contributed by atoms with van der Waals surface area (Å²) in [5.74, 6) is 0.0989. The molecule has 3 aromatic rings. The Morgan fingerprint density at radius 2 is 1.86 bits per heavy atom. The Morgan fingerprint density at radius 1 is 1.07 bits per heavy atom. The summed E-state index contributed by atoms with van der Waals surface area (Å²) in [5, 5.41) is 8.58. The average Bonchev–Trinajstić information content (AvgIpc) is 3.24. The van der Waals surface area contributed by atoms with E-state index in [0.29, 0.717) is 10.6 Å². The number of rotatable bonds is 7. The first-order valence-electron chi connectivity index (χ1n) is 8.57. The minimum absolute atomic E-state index is 0.0847. The van der Waals surface area contributed by atoms with Gasteiger partial charge in [-0.15, -0.1) is 11.3 Å². The fraction of sp³-hybridized carbons (Fsp3) is 0.0952. The number of hydrogen-bond acceptors (Lipinski definition) is 5. The predicted octanol–water partition coefficient (Wildman–Crippen LogP) is 3.84. The van der Waals surface area contributed by atoms with E-state index in [0.717, 1.165) is 16.8 Å². The zero-order valence-corrected chi connectivity index (χ0v) is 16.0. The number of benzene rings is 2. The highest BCUT2D eigenvalue weighted by Gasteiger charge is 2.06. The molecule has 0 spiro atoms. The van der Waals surface area contributed by atoms with Crippen molar-refractivity contribution >= 4 is 35.1 Å². The van der Waals surface area contributed by atoms with Crippen molar-refractivity contribution in [3.63, 3.8) is 0 Å². The summed E-state index contributed by atoms with van der Waals surface area (Å²) in [6.45, 7) is 1.85. The number of thiophene rings is 1. The van der Waals surface area contributed by atoms with Crippen LogP contribution < -0.4 is 15.5 Å². The number of anilines is 1. The van der Waals surface area contributed by atoms with Gasteiger partial charge in [0.1, 0.15) is 5.75 Å². The maximum absolute atomic E-state index is 12.0. The minimum atomic E-state index is -0.245. The molecule has 0 radical (unpaired) electrons. The van der Waals surface area contributed by atoms with Gasteiger partial charge >= 0.3 is 0 Å². The SMILES string of the molecule is Cc1ccccc1NC(=O)COc1ccc(/C=N/NC(=O)c2cccs2)cc1. The van der Waals surface area contributed by atoms with E-state index in [4.69, 9.17) is 4.74 Å². The van der Waals surface area contributed by atoms with Crippen molar-refractivity contribution in [1.82, 2.24) is 5.43 Å². The molecule has 0 aliphatic heterocycles. The second-order valence-electron chi connectivity index (χ2n) is 5.90. The number of aryl methyl sites for hydroxylation is 1. The topological polar surface area (TPSA) is 79.8 Å². The van der Waals surface area contributed by atoms with E-state index in [-0.39, 0.29) is 18.4 Å². The van der Waals surface area contributed by atoms with E-state index in [2.05, 4.69) is 15.8 Å². The van der Waals surface area contributed by atoms with Gasteiger partial charge in [-0.1, -0.05) is 24.3 Å². The number of carbonyl (C=O) groups is 2. The van der Waals surface area contributed by atoms with Crippen LogP contribution in [-0.4, -0.2) is 24.6 Å². The first-order chi connectivity index (χ1) is 13.6. The summed E-state index contributed by atoms with van der Waals surface area (Å²) in [7, 11) is 0. The first-order valence-corrected chi connectivity index (χ1v) is 9.45. The van der Waals surface area contributed by atoms with Gasteiger partial charge in [-0.3, -0.25) is 9.59 Å². The van der Waals surface area contributed by atoms with Crippen LogP contribution in [0.2, 0.25) is 0 Å². The molecule has 1 aromatic heterocycles. The molecule has 142 valence electrons. The van der Waals surface area contributed by atoms with Gasteiger partial charge in [0.25, 0.3) is 11.8 Å². The molecule has 1 heterocycles. The van der Waals surface area contributed by atoms with E-state index in [1.54, 1.807) is 36.5 Å². The van der Waals surface area contributed by atoms with E-state index < -0.39 is 0 Å². The maximum Gasteiger partial charge on any atom is 0.281 e. The monoisotopic (exact) mass is 393 g/mol. The highest BCUT2D eigenvalue weighted by atomic mass is 32.1. The maximum atomic E-state index is 12.0. The van der Waals surface area contributed by atoms with Gasteiger partial charge < -0.3 is 10.1 Å². The molecule has 0 saturated heterocycles. The van der Waals surface area contributed by atoms with Crippen molar-refractivity contribution in [3.8, 4) is 5.75 Å². The van der Waals surface area contributed by atoms with Crippen LogP contribution in [0.3, 0.4) is 0 Å². The molecule has 0 bridgehead atoms. The molecular weight excluding hydrogens is 374 g/mol. The zero-order chi connectivity index (χ0) is 19.8. The van der Waals surface area contributed by atoms with Crippen LogP contribution in [0.1, 0.15) is 20.8 Å². The quantitative estimate of drug-likeness (QED) is 0.473. The lowest BCUT2D eigenvalue weighted by molar-refractivity contribution is -0.118. The molecule has 0 saturated carbocycles. The Hall–Kier alpha value is -3.45. The van der Waals surface area contributed by atoms with E-state index in [1.807, 2.05) is 42.6 Å². The smallest absolute Gasteiger partial charge is 0.281 e. The van der Waals surface area contributed by atoms with Crippen molar-refractivity contribution in [2.24, 2.45) is 5.10 Å². The number of ether oxygens (including phenoxy) is 1. The van der Waals surface area contributed by atoms with Crippen LogP contribution in [0.15, 0.2) is 71.1 Å². The van der Waals surface area contributed by atoms with Crippen LogP contribution in [0, 0.1) is 6.92 Å². The lowest BCUT2D eigenvalue weighted by Gasteiger charge is -2.09. The summed E-state index contributed by atoms with van der Waals surface area (Å²) >= 11 is 1.35. The average molecular weight is 393 g/mol. The van der Waals surface area contributed by atoms with Crippen LogP contribution in [0.4, 0.5) is 5.69 Å². The van der Waals surface area contributed by atoms with Crippen LogP contribution in [-0.2, 0) is 4.79 Å². The second-order valence-corrected chi connectivity index (χ2v) is 6.84. The highest BCUT2D eigenvalue weighted by molar-refractivity contribution is 7.12. The number of amides is 2.